The highest BCUT2D eigenvalue weighted by Crippen LogP contribution is 2.00. The summed E-state index contributed by atoms with van der Waals surface area (Å²) in [5, 5.41) is 0. The normalized spacial score (nSPS) is 8.83. The van der Waals surface area contributed by atoms with E-state index in [9.17, 15) is 4.79 Å². The van der Waals surface area contributed by atoms with Crippen LogP contribution in [0.15, 0.2) is 0 Å². The van der Waals surface area contributed by atoms with Gasteiger partial charge in [-0.15, -0.1) is 0 Å². The number of esters is 1. The Morgan fingerprint density at radius 3 is 2.50 bits per heavy atom. The molecule has 0 saturated carbocycles. The number of ether oxygens (including phenoxy) is 1. The summed E-state index contributed by atoms with van der Waals surface area (Å²) in [5.41, 5.74) is 5.27. The van der Waals surface area contributed by atoms with E-state index >= 15 is 0 Å². The van der Waals surface area contributed by atoms with Gasteiger partial charge in [-0.25, -0.2) is 0 Å². The number of carbonyl (C=O) groups excluding carboxylic acids is 1. The third kappa shape index (κ3) is 9.68. The van der Waals surface area contributed by atoms with Crippen LogP contribution in [0.4, 0.5) is 0 Å². The van der Waals surface area contributed by atoms with E-state index in [1.165, 1.54) is 0 Å². The Kier molecular flexibility index (Phi) is 12.7. The van der Waals surface area contributed by atoms with E-state index in [1.54, 1.807) is 0 Å². The van der Waals surface area contributed by atoms with Gasteiger partial charge < -0.3 is 15.9 Å². The van der Waals surface area contributed by atoms with Crippen LogP contribution in [-0.2, 0) is 9.53 Å². The molecule has 5 heteroatoms. The zero-order chi connectivity index (χ0) is 8.53. The molecule has 0 aliphatic heterocycles. The number of carbonyl (C=O) groups is 1. The molecule has 0 aliphatic rings. The van der Waals surface area contributed by atoms with Crippen LogP contribution in [0.2, 0.25) is 0 Å². The van der Waals surface area contributed by atoms with Crippen LogP contribution in [0, 0.1) is 0 Å². The van der Waals surface area contributed by atoms with Gasteiger partial charge >= 0.3 is 5.97 Å². The van der Waals surface area contributed by atoms with Crippen molar-refractivity contribution >= 4 is 17.6 Å². The summed E-state index contributed by atoms with van der Waals surface area (Å²) in [6.45, 7) is 0.685. The molecular formula is C7H16ClNO3. The third-order valence-electron chi connectivity index (χ3n) is 1.30. The number of hydrogen-bond donors (Lipinski definition) is 1. The van der Waals surface area contributed by atoms with Crippen molar-refractivity contribution in [3.63, 3.8) is 0 Å². The van der Waals surface area contributed by atoms with Crippen LogP contribution in [0.25, 0.3) is 0 Å². The molecule has 0 heterocycles. The summed E-state index contributed by atoms with van der Waals surface area (Å²) < 4.78 is 4.52. The quantitative estimate of drug-likeness (QED) is 0.381. The lowest BCUT2D eigenvalue weighted by molar-refractivity contribution is -0.141. The van der Waals surface area contributed by atoms with Crippen molar-refractivity contribution in [2.45, 2.75) is 25.7 Å². The van der Waals surface area contributed by atoms with Crippen LogP contribution in [0.3, 0.4) is 0 Å². The van der Waals surface area contributed by atoms with Gasteiger partial charge in [0.05, 0.1) is 0 Å². The molecule has 0 atom stereocenters. The Morgan fingerprint density at radius 1 is 1.33 bits per heavy atom. The summed E-state index contributed by atoms with van der Waals surface area (Å²) >= 11 is 5.17. The van der Waals surface area contributed by atoms with Gasteiger partial charge in [-0.1, -0.05) is 18.0 Å². The van der Waals surface area contributed by atoms with Gasteiger partial charge in [-0.3, -0.25) is 4.79 Å². The lowest BCUT2D eigenvalue weighted by Gasteiger charge is -1.99. The van der Waals surface area contributed by atoms with E-state index in [4.69, 9.17) is 17.3 Å². The zero-order valence-corrected chi connectivity index (χ0v) is 7.77. The predicted octanol–water partition coefficient (Wildman–Crippen LogP) is 0.420. The van der Waals surface area contributed by atoms with Crippen LogP contribution in [0.5, 0.6) is 0 Å². The third-order valence-corrected chi connectivity index (χ3v) is 1.41. The van der Waals surface area contributed by atoms with Crippen LogP contribution >= 0.6 is 11.6 Å². The minimum atomic E-state index is -0.225. The standard InChI is InChI=1S/C7H14ClNO2.H2O/c8-6-11-7(10)4-2-1-3-5-9;/h1-6,9H2;1H2. The molecule has 4 N–H and O–H groups in total. The Labute approximate surface area is 77.3 Å². The average Bonchev–Trinajstić information content (AvgIpc) is 1.99. The molecule has 74 valence electrons. The maximum Gasteiger partial charge on any atom is 0.306 e. The summed E-state index contributed by atoms with van der Waals surface area (Å²) in [6, 6.07) is -0.0459. The van der Waals surface area contributed by atoms with Crippen molar-refractivity contribution in [3.8, 4) is 0 Å². The molecule has 0 amide bonds. The Bertz CT molecular complexity index is 111. The first-order valence-electron chi connectivity index (χ1n) is 3.73. The summed E-state index contributed by atoms with van der Waals surface area (Å²) in [5.74, 6) is -0.225. The Morgan fingerprint density at radius 2 is 2.00 bits per heavy atom. The van der Waals surface area contributed by atoms with E-state index in [2.05, 4.69) is 4.74 Å². The van der Waals surface area contributed by atoms with Crippen molar-refractivity contribution in [3.05, 3.63) is 0 Å². The summed E-state index contributed by atoms with van der Waals surface area (Å²) in [6.07, 6.45) is 3.24. The van der Waals surface area contributed by atoms with Gasteiger partial charge in [0.1, 0.15) is 0 Å². The SMILES string of the molecule is NCCCCCC(=O)OCCl.O. The fourth-order valence-electron chi connectivity index (χ4n) is 0.723. The van der Waals surface area contributed by atoms with Crippen LogP contribution < -0.4 is 5.73 Å². The molecule has 4 nitrogen and oxygen atoms in total. The minimum Gasteiger partial charge on any atom is -0.449 e. The fourth-order valence-corrected chi connectivity index (χ4v) is 0.845. The highest BCUT2D eigenvalue weighted by Gasteiger charge is 1.99. The molecule has 0 aliphatic carbocycles. The van der Waals surface area contributed by atoms with Gasteiger partial charge in [0, 0.05) is 6.42 Å². The molecule has 12 heavy (non-hydrogen) atoms. The second-order valence-electron chi connectivity index (χ2n) is 2.22. The first kappa shape index (κ1) is 14.2. The number of halogens is 1. The van der Waals surface area contributed by atoms with E-state index in [1.807, 2.05) is 0 Å². The first-order valence-corrected chi connectivity index (χ1v) is 4.26. The lowest BCUT2D eigenvalue weighted by atomic mass is 10.2. The number of nitrogens with two attached hydrogens (primary N) is 1. The molecule has 0 bridgehead atoms. The lowest BCUT2D eigenvalue weighted by Crippen LogP contribution is -2.03. The monoisotopic (exact) mass is 197 g/mol. The molecule has 0 aromatic heterocycles. The number of hydrogen-bond acceptors (Lipinski definition) is 3. The number of unbranched alkanes of at least 4 members (excludes halogenated alkanes) is 2. The molecular weight excluding hydrogens is 182 g/mol. The van der Waals surface area contributed by atoms with E-state index in [0.29, 0.717) is 13.0 Å². The highest BCUT2D eigenvalue weighted by atomic mass is 35.5. The van der Waals surface area contributed by atoms with E-state index in [0.717, 1.165) is 19.3 Å². The van der Waals surface area contributed by atoms with E-state index in [-0.39, 0.29) is 17.5 Å². The van der Waals surface area contributed by atoms with E-state index < -0.39 is 0 Å². The predicted molar refractivity (Wildman–Crippen MR) is 47.9 cm³/mol. The largest absolute Gasteiger partial charge is 0.449 e. The Hall–Kier alpha value is -0.320. The summed E-state index contributed by atoms with van der Waals surface area (Å²) in [7, 11) is 0. The molecule has 0 aromatic rings. The number of rotatable bonds is 6. The number of alkyl halides is 1. The molecule has 0 radical (unpaired) electrons. The highest BCUT2D eigenvalue weighted by molar-refractivity contribution is 6.17. The molecule has 0 fully saturated rings. The second kappa shape index (κ2) is 10.7. The molecule has 0 saturated heterocycles. The fraction of sp³-hybridized carbons (Fsp3) is 0.857. The molecule has 0 unspecified atom stereocenters. The smallest absolute Gasteiger partial charge is 0.306 e. The summed E-state index contributed by atoms with van der Waals surface area (Å²) in [4.78, 5) is 10.7. The van der Waals surface area contributed by atoms with Crippen molar-refractivity contribution in [2.24, 2.45) is 5.73 Å². The van der Waals surface area contributed by atoms with Gasteiger partial charge in [0.2, 0.25) is 0 Å². The topological polar surface area (TPSA) is 83.8 Å². The van der Waals surface area contributed by atoms with Crippen LogP contribution in [0.1, 0.15) is 25.7 Å². The molecule has 0 aromatic carbocycles. The van der Waals surface area contributed by atoms with Crippen LogP contribution in [-0.4, -0.2) is 24.1 Å². The van der Waals surface area contributed by atoms with Crippen molar-refractivity contribution < 1.29 is 15.0 Å². The second-order valence-corrected chi connectivity index (χ2v) is 2.44. The maximum atomic E-state index is 10.7. The molecule has 0 spiro atoms. The van der Waals surface area contributed by atoms with Gasteiger partial charge in [0.25, 0.3) is 0 Å². The van der Waals surface area contributed by atoms with Crippen molar-refractivity contribution in [2.75, 3.05) is 12.6 Å². The first-order chi connectivity index (χ1) is 5.31. The molecule has 0 rings (SSSR count). The van der Waals surface area contributed by atoms with Gasteiger partial charge in [0.15, 0.2) is 6.07 Å². The Balaban J connectivity index is 0. The van der Waals surface area contributed by atoms with Crippen molar-refractivity contribution in [1.82, 2.24) is 0 Å². The minimum absolute atomic E-state index is 0. The average molecular weight is 198 g/mol. The van der Waals surface area contributed by atoms with Gasteiger partial charge in [-0.2, -0.15) is 0 Å². The van der Waals surface area contributed by atoms with Gasteiger partial charge in [-0.05, 0) is 19.4 Å². The van der Waals surface area contributed by atoms with Crippen molar-refractivity contribution in [1.29, 1.82) is 0 Å². The zero-order valence-electron chi connectivity index (χ0n) is 7.01. The maximum absolute atomic E-state index is 10.7.